The number of carbonyl (C=O) groups is 1. The number of nitrogens with zero attached hydrogens (tertiary/aromatic N) is 1. The highest BCUT2D eigenvalue weighted by Crippen LogP contribution is 2.14. The summed E-state index contributed by atoms with van der Waals surface area (Å²) >= 11 is 1.37. The van der Waals surface area contributed by atoms with Gasteiger partial charge < -0.3 is 4.74 Å². The van der Waals surface area contributed by atoms with Crippen molar-refractivity contribution in [3.8, 4) is 0 Å². The van der Waals surface area contributed by atoms with Crippen molar-refractivity contribution in [1.29, 1.82) is 0 Å². The summed E-state index contributed by atoms with van der Waals surface area (Å²) in [6.45, 7) is 2.20. The molecule has 4 heteroatoms. The largest absolute Gasteiger partial charge is 0.461 e. The maximum Gasteiger partial charge on any atom is 0.367 e. The van der Waals surface area contributed by atoms with Crippen molar-refractivity contribution in [1.82, 2.24) is 4.98 Å². The van der Waals surface area contributed by atoms with Gasteiger partial charge in [0.15, 0.2) is 0 Å². The van der Waals surface area contributed by atoms with E-state index in [-0.39, 0.29) is 5.97 Å². The van der Waals surface area contributed by atoms with Gasteiger partial charge in [-0.2, -0.15) is 0 Å². The predicted octanol–water partition coefficient (Wildman–Crippen LogP) is 4.28. The number of hydrogen-bond acceptors (Lipinski definition) is 4. The summed E-state index contributed by atoms with van der Waals surface area (Å²) in [4.78, 5) is 15.8. The second kappa shape index (κ2) is 8.57. The Hall–Kier alpha value is -1.68. The average Bonchev–Trinajstić information content (AvgIpc) is 2.97. The van der Waals surface area contributed by atoms with Crippen LogP contribution < -0.4 is 0 Å². The normalized spacial score (nSPS) is 10.5. The highest BCUT2D eigenvalue weighted by Gasteiger charge is 2.11. The SMILES string of the molecule is CCOC(=O)c1nc(CCCCCc2ccccc2)cs1. The number of aromatic nitrogens is 1. The number of rotatable bonds is 8. The van der Waals surface area contributed by atoms with Crippen LogP contribution >= 0.6 is 11.3 Å². The second-order valence-corrected chi connectivity index (χ2v) is 5.77. The summed E-state index contributed by atoms with van der Waals surface area (Å²) < 4.78 is 4.94. The van der Waals surface area contributed by atoms with Gasteiger partial charge in [-0.05, 0) is 38.2 Å². The van der Waals surface area contributed by atoms with Crippen LogP contribution in [-0.4, -0.2) is 17.6 Å². The van der Waals surface area contributed by atoms with Gasteiger partial charge in [-0.15, -0.1) is 11.3 Å². The molecule has 1 heterocycles. The molecule has 0 aliphatic rings. The molecule has 112 valence electrons. The molecule has 2 rings (SSSR count). The molecule has 0 bridgehead atoms. The zero-order chi connectivity index (χ0) is 14.9. The van der Waals surface area contributed by atoms with Crippen LogP contribution in [0, 0.1) is 0 Å². The molecule has 0 unspecified atom stereocenters. The molecule has 1 aromatic carbocycles. The van der Waals surface area contributed by atoms with E-state index in [1.807, 2.05) is 11.4 Å². The van der Waals surface area contributed by atoms with Gasteiger partial charge in [0.2, 0.25) is 5.01 Å². The average molecular weight is 303 g/mol. The third-order valence-corrected chi connectivity index (χ3v) is 4.11. The maximum atomic E-state index is 11.5. The number of thiazole rings is 1. The van der Waals surface area contributed by atoms with E-state index in [1.165, 1.54) is 29.7 Å². The maximum absolute atomic E-state index is 11.5. The molecule has 0 aliphatic carbocycles. The minimum absolute atomic E-state index is 0.308. The number of unbranched alkanes of at least 4 members (excludes halogenated alkanes) is 2. The first-order valence-electron chi connectivity index (χ1n) is 7.45. The number of esters is 1. The lowest BCUT2D eigenvalue weighted by Crippen LogP contribution is -2.04. The topological polar surface area (TPSA) is 39.2 Å². The van der Waals surface area contributed by atoms with Crippen molar-refractivity contribution in [2.75, 3.05) is 6.61 Å². The lowest BCUT2D eigenvalue weighted by molar-refractivity contribution is 0.0525. The lowest BCUT2D eigenvalue weighted by Gasteiger charge is -2.01. The van der Waals surface area contributed by atoms with E-state index in [4.69, 9.17) is 4.74 Å². The van der Waals surface area contributed by atoms with Gasteiger partial charge >= 0.3 is 5.97 Å². The molecular weight excluding hydrogens is 282 g/mol. The Morgan fingerprint density at radius 3 is 2.67 bits per heavy atom. The van der Waals surface area contributed by atoms with Crippen LogP contribution in [-0.2, 0) is 17.6 Å². The molecule has 0 saturated carbocycles. The monoisotopic (exact) mass is 303 g/mol. The minimum atomic E-state index is -0.308. The molecule has 0 atom stereocenters. The Labute approximate surface area is 130 Å². The zero-order valence-corrected chi connectivity index (χ0v) is 13.2. The van der Waals surface area contributed by atoms with Crippen LogP contribution in [0.2, 0.25) is 0 Å². The summed E-state index contributed by atoms with van der Waals surface area (Å²) in [5.41, 5.74) is 2.40. The molecule has 3 nitrogen and oxygen atoms in total. The Kier molecular flexibility index (Phi) is 6.41. The van der Waals surface area contributed by atoms with Gasteiger partial charge in [-0.25, -0.2) is 9.78 Å². The quantitative estimate of drug-likeness (QED) is 0.540. The van der Waals surface area contributed by atoms with Crippen molar-refractivity contribution in [2.24, 2.45) is 0 Å². The van der Waals surface area contributed by atoms with E-state index in [2.05, 4.69) is 29.2 Å². The summed E-state index contributed by atoms with van der Waals surface area (Å²) in [6, 6.07) is 10.6. The predicted molar refractivity (Wildman–Crippen MR) is 85.8 cm³/mol. The fourth-order valence-electron chi connectivity index (χ4n) is 2.17. The number of ether oxygens (including phenoxy) is 1. The van der Waals surface area contributed by atoms with Crippen LogP contribution in [0.3, 0.4) is 0 Å². The van der Waals surface area contributed by atoms with Crippen molar-refractivity contribution < 1.29 is 9.53 Å². The number of benzene rings is 1. The van der Waals surface area contributed by atoms with E-state index < -0.39 is 0 Å². The summed E-state index contributed by atoms with van der Waals surface area (Å²) in [6.07, 6.45) is 5.55. The van der Waals surface area contributed by atoms with Crippen molar-refractivity contribution in [3.63, 3.8) is 0 Å². The fourth-order valence-corrected chi connectivity index (χ4v) is 2.91. The van der Waals surface area contributed by atoms with Gasteiger partial charge in [-0.1, -0.05) is 36.8 Å². The Bertz CT molecular complexity index is 551. The summed E-state index contributed by atoms with van der Waals surface area (Å²) in [7, 11) is 0. The van der Waals surface area contributed by atoms with E-state index in [0.29, 0.717) is 11.6 Å². The van der Waals surface area contributed by atoms with Crippen molar-refractivity contribution in [2.45, 2.75) is 39.0 Å². The number of hydrogen-bond donors (Lipinski definition) is 0. The molecule has 1 aromatic heterocycles. The van der Waals surface area contributed by atoms with E-state index >= 15 is 0 Å². The summed E-state index contributed by atoms with van der Waals surface area (Å²) in [5.74, 6) is -0.308. The molecule has 0 fully saturated rings. The van der Waals surface area contributed by atoms with Gasteiger partial charge in [-0.3, -0.25) is 0 Å². The molecule has 0 saturated heterocycles. The van der Waals surface area contributed by atoms with Gasteiger partial charge in [0, 0.05) is 5.38 Å². The van der Waals surface area contributed by atoms with E-state index in [1.54, 1.807) is 6.92 Å². The Balaban J connectivity index is 1.66. The van der Waals surface area contributed by atoms with Gasteiger partial charge in [0.1, 0.15) is 0 Å². The standard InChI is InChI=1S/C17H21NO2S/c1-2-20-17(19)16-18-15(13-21-16)12-8-4-7-11-14-9-5-3-6-10-14/h3,5-6,9-10,13H,2,4,7-8,11-12H2,1H3. The molecular formula is C17H21NO2S. The molecule has 21 heavy (non-hydrogen) atoms. The number of carbonyl (C=O) groups excluding carboxylic acids is 1. The molecule has 2 aromatic rings. The second-order valence-electron chi connectivity index (χ2n) is 4.91. The van der Waals surface area contributed by atoms with Crippen molar-refractivity contribution in [3.05, 3.63) is 52.0 Å². The Morgan fingerprint density at radius 2 is 1.90 bits per heavy atom. The van der Waals surface area contributed by atoms with Crippen molar-refractivity contribution >= 4 is 17.3 Å². The first kappa shape index (κ1) is 15.7. The highest BCUT2D eigenvalue weighted by atomic mass is 32.1. The van der Waals surface area contributed by atoms with E-state index in [9.17, 15) is 4.79 Å². The van der Waals surface area contributed by atoms with Crippen LogP contribution in [0.15, 0.2) is 35.7 Å². The number of aryl methyl sites for hydroxylation is 2. The lowest BCUT2D eigenvalue weighted by atomic mass is 10.1. The third-order valence-electron chi connectivity index (χ3n) is 3.24. The zero-order valence-electron chi connectivity index (χ0n) is 12.4. The first-order valence-corrected chi connectivity index (χ1v) is 8.33. The van der Waals surface area contributed by atoms with E-state index in [0.717, 1.165) is 25.0 Å². The minimum Gasteiger partial charge on any atom is -0.461 e. The Morgan fingerprint density at radius 1 is 1.14 bits per heavy atom. The van der Waals surface area contributed by atoms with Crippen LogP contribution in [0.4, 0.5) is 0 Å². The molecule has 0 spiro atoms. The fraction of sp³-hybridized carbons (Fsp3) is 0.412. The van der Waals surface area contributed by atoms with Crippen LogP contribution in [0.5, 0.6) is 0 Å². The van der Waals surface area contributed by atoms with Crippen LogP contribution in [0.1, 0.15) is 47.2 Å². The molecule has 0 aliphatic heterocycles. The third kappa shape index (κ3) is 5.31. The van der Waals surface area contributed by atoms with Gasteiger partial charge in [0.25, 0.3) is 0 Å². The molecule has 0 N–H and O–H groups in total. The van der Waals surface area contributed by atoms with Crippen LogP contribution in [0.25, 0.3) is 0 Å². The molecule has 0 radical (unpaired) electrons. The molecule has 0 amide bonds. The van der Waals surface area contributed by atoms with Gasteiger partial charge in [0.05, 0.1) is 12.3 Å². The first-order chi connectivity index (χ1) is 10.3. The smallest absolute Gasteiger partial charge is 0.367 e. The highest BCUT2D eigenvalue weighted by molar-refractivity contribution is 7.11. The summed E-state index contributed by atoms with van der Waals surface area (Å²) in [5, 5.41) is 2.43.